The lowest BCUT2D eigenvalue weighted by atomic mass is 10.1. The van der Waals surface area contributed by atoms with Crippen molar-refractivity contribution in [3.63, 3.8) is 0 Å². The standard InChI is InChI=1S/C19H19NO6S/c1-11(17(22)16-9-8-15(27-16)10-20-12(2)21)26-19(24)14-6-4-13(5-7-14)18(23)25-3/h4-9,11H,10H2,1-3H3,(H,20,21). The van der Waals surface area contributed by atoms with E-state index in [0.29, 0.717) is 17.0 Å². The Morgan fingerprint density at radius 1 is 1.00 bits per heavy atom. The van der Waals surface area contributed by atoms with Gasteiger partial charge in [-0.15, -0.1) is 11.3 Å². The monoisotopic (exact) mass is 389 g/mol. The van der Waals surface area contributed by atoms with Crippen LogP contribution in [0.25, 0.3) is 0 Å². The number of methoxy groups -OCH3 is 1. The number of carbonyl (C=O) groups excluding carboxylic acids is 4. The van der Waals surface area contributed by atoms with Gasteiger partial charge in [0.25, 0.3) is 0 Å². The number of carbonyl (C=O) groups is 4. The molecule has 1 atom stereocenters. The molecule has 1 heterocycles. The Morgan fingerprint density at radius 2 is 1.59 bits per heavy atom. The van der Waals surface area contributed by atoms with Crippen LogP contribution >= 0.6 is 11.3 Å². The van der Waals surface area contributed by atoms with Crippen molar-refractivity contribution in [3.05, 3.63) is 57.3 Å². The minimum atomic E-state index is -0.968. The molecule has 142 valence electrons. The van der Waals surface area contributed by atoms with Crippen LogP contribution in [0.3, 0.4) is 0 Å². The third kappa shape index (κ3) is 5.49. The van der Waals surface area contributed by atoms with Gasteiger partial charge in [0.05, 0.1) is 29.7 Å². The summed E-state index contributed by atoms with van der Waals surface area (Å²) in [5.74, 6) is -1.65. The highest BCUT2D eigenvalue weighted by atomic mass is 32.1. The molecule has 0 aliphatic heterocycles. The largest absolute Gasteiger partial charge is 0.465 e. The fourth-order valence-corrected chi connectivity index (χ4v) is 3.13. The highest BCUT2D eigenvalue weighted by molar-refractivity contribution is 7.14. The fourth-order valence-electron chi connectivity index (χ4n) is 2.16. The molecule has 7 nitrogen and oxygen atoms in total. The number of Topliss-reactive ketones (excluding diaryl/α,β-unsaturated/α-hetero) is 1. The number of thiophene rings is 1. The molecule has 27 heavy (non-hydrogen) atoms. The van der Waals surface area contributed by atoms with Crippen molar-refractivity contribution in [1.82, 2.24) is 5.32 Å². The number of ether oxygens (including phenoxy) is 2. The summed E-state index contributed by atoms with van der Waals surface area (Å²) in [6.07, 6.45) is -0.968. The molecular formula is C19H19NO6S. The molecule has 1 unspecified atom stereocenters. The molecule has 0 radical (unpaired) electrons. The van der Waals surface area contributed by atoms with E-state index >= 15 is 0 Å². The first-order valence-corrected chi connectivity index (χ1v) is 8.90. The minimum Gasteiger partial charge on any atom is -0.465 e. The lowest BCUT2D eigenvalue weighted by Crippen LogP contribution is -2.23. The summed E-state index contributed by atoms with van der Waals surface area (Å²) in [4.78, 5) is 48.2. The molecule has 8 heteroatoms. The van der Waals surface area contributed by atoms with Gasteiger partial charge < -0.3 is 14.8 Å². The molecule has 0 spiro atoms. The lowest BCUT2D eigenvalue weighted by molar-refractivity contribution is -0.119. The molecule has 1 aromatic heterocycles. The van der Waals surface area contributed by atoms with Gasteiger partial charge in [-0.25, -0.2) is 9.59 Å². The van der Waals surface area contributed by atoms with Crippen LogP contribution in [0.15, 0.2) is 36.4 Å². The average molecular weight is 389 g/mol. The Labute approximate surface area is 160 Å². The van der Waals surface area contributed by atoms with E-state index in [9.17, 15) is 19.2 Å². The third-order valence-electron chi connectivity index (χ3n) is 3.61. The third-order valence-corrected chi connectivity index (χ3v) is 4.71. The van der Waals surface area contributed by atoms with E-state index in [1.54, 1.807) is 12.1 Å². The topological polar surface area (TPSA) is 98.8 Å². The molecule has 1 N–H and O–H groups in total. The first kappa shape index (κ1) is 20.3. The number of ketones is 1. The number of rotatable bonds is 7. The van der Waals surface area contributed by atoms with Crippen LogP contribution in [-0.4, -0.2) is 36.8 Å². The zero-order valence-corrected chi connectivity index (χ0v) is 15.9. The number of hydrogen-bond acceptors (Lipinski definition) is 7. The van der Waals surface area contributed by atoms with E-state index in [2.05, 4.69) is 10.1 Å². The zero-order chi connectivity index (χ0) is 20.0. The van der Waals surface area contributed by atoms with Crippen LogP contribution in [-0.2, 0) is 20.8 Å². The molecule has 0 fully saturated rings. The first-order chi connectivity index (χ1) is 12.8. The second-order valence-electron chi connectivity index (χ2n) is 5.66. The van der Waals surface area contributed by atoms with Crippen LogP contribution in [0.4, 0.5) is 0 Å². The van der Waals surface area contributed by atoms with E-state index < -0.39 is 18.0 Å². The van der Waals surface area contributed by atoms with Crippen molar-refractivity contribution in [3.8, 4) is 0 Å². The number of nitrogens with one attached hydrogen (secondary N) is 1. The highest BCUT2D eigenvalue weighted by Crippen LogP contribution is 2.19. The maximum Gasteiger partial charge on any atom is 0.338 e. The summed E-state index contributed by atoms with van der Waals surface area (Å²) in [7, 11) is 1.27. The van der Waals surface area contributed by atoms with E-state index in [-0.39, 0.29) is 17.3 Å². The Bertz CT molecular complexity index is 855. The quantitative estimate of drug-likeness (QED) is 0.577. The molecule has 2 rings (SSSR count). The van der Waals surface area contributed by atoms with E-state index in [1.165, 1.54) is 56.6 Å². The summed E-state index contributed by atoms with van der Waals surface area (Å²) in [5.41, 5.74) is 0.531. The van der Waals surface area contributed by atoms with Gasteiger partial charge in [0, 0.05) is 11.8 Å². The molecule has 0 aliphatic carbocycles. The first-order valence-electron chi connectivity index (χ1n) is 8.08. The fraction of sp³-hybridized carbons (Fsp3) is 0.263. The molecule has 0 bridgehead atoms. The summed E-state index contributed by atoms with van der Waals surface area (Å²) < 4.78 is 9.81. The van der Waals surface area contributed by atoms with Crippen molar-refractivity contribution in [2.45, 2.75) is 26.5 Å². The van der Waals surface area contributed by atoms with Gasteiger partial charge >= 0.3 is 11.9 Å². The summed E-state index contributed by atoms with van der Waals surface area (Å²) in [6.45, 7) is 3.25. The van der Waals surface area contributed by atoms with Crippen LogP contribution in [0.1, 0.15) is 49.1 Å². The zero-order valence-electron chi connectivity index (χ0n) is 15.1. The minimum absolute atomic E-state index is 0.156. The van der Waals surface area contributed by atoms with E-state index in [0.717, 1.165) is 4.88 Å². The predicted molar refractivity (Wildman–Crippen MR) is 98.8 cm³/mol. The average Bonchev–Trinajstić information content (AvgIpc) is 3.14. The molecule has 0 saturated carbocycles. The molecule has 1 aromatic carbocycles. The number of benzene rings is 1. The second-order valence-corrected chi connectivity index (χ2v) is 6.82. The summed E-state index contributed by atoms with van der Waals surface area (Å²) in [5, 5.41) is 2.66. The van der Waals surface area contributed by atoms with E-state index in [4.69, 9.17) is 4.74 Å². The summed E-state index contributed by atoms with van der Waals surface area (Å²) in [6, 6.07) is 9.14. The van der Waals surface area contributed by atoms with Crippen LogP contribution in [0, 0.1) is 0 Å². The van der Waals surface area contributed by atoms with Crippen LogP contribution in [0.5, 0.6) is 0 Å². The smallest absolute Gasteiger partial charge is 0.338 e. The maximum absolute atomic E-state index is 12.4. The molecule has 0 saturated heterocycles. The molecule has 0 aliphatic rings. The molecule has 2 aromatic rings. The van der Waals surface area contributed by atoms with Gasteiger partial charge in [-0.1, -0.05) is 0 Å². The molecule has 1 amide bonds. The van der Waals surface area contributed by atoms with Crippen molar-refractivity contribution in [2.75, 3.05) is 7.11 Å². The van der Waals surface area contributed by atoms with Crippen molar-refractivity contribution < 1.29 is 28.7 Å². The Balaban J connectivity index is 1.98. The van der Waals surface area contributed by atoms with Gasteiger partial charge in [-0.3, -0.25) is 9.59 Å². The van der Waals surface area contributed by atoms with Gasteiger partial charge in [-0.2, -0.15) is 0 Å². The van der Waals surface area contributed by atoms with Gasteiger partial charge in [0.2, 0.25) is 11.7 Å². The predicted octanol–water partition coefficient (Wildman–Crippen LogP) is 2.60. The summed E-state index contributed by atoms with van der Waals surface area (Å²) >= 11 is 1.23. The number of hydrogen-bond donors (Lipinski definition) is 1. The second kappa shape index (κ2) is 9.09. The maximum atomic E-state index is 12.4. The van der Waals surface area contributed by atoms with Crippen molar-refractivity contribution >= 4 is 35.0 Å². The van der Waals surface area contributed by atoms with Crippen molar-refractivity contribution in [1.29, 1.82) is 0 Å². The van der Waals surface area contributed by atoms with Crippen LogP contribution < -0.4 is 5.32 Å². The van der Waals surface area contributed by atoms with Gasteiger partial charge in [-0.05, 0) is 43.3 Å². The molecular weight excluding hydrogens is 370 g/mol. The highest BCUT2D eigenvalue weighted by Gasteiger charge is 2.22. The normalized spacial score (nSPS) is 11.4. The van der Waals surface area contributed by atoms with Gasteiger partial charge in [0.15, 0.2) is 6.10 Å². The SMILES string of the molecule is COC(=O)c1ccc(C(=O)OC(C)C(=O)c2ccc(CNC(C)=O)s2)cc1. The number of esters is 2. The lowest BCUT2D eigenvalue weighted by Gasteiger charge is -2.11. The Morgan fingerprint density at radius 3 is 2.15 bits per heavy atom. The Hall–Kier alpha value is -3.00. The van der Waals surface area contributed by atoms with Crippen molar-refractivity contribution in [2.24, 2.45) is 0 Å². The Kier molecular flexibility index (Phi) is 6.84. The number of amides is 1. The van der Waals surface area contributed by atoms with Crippen LogP contribution in [0.2, 0.25) is 0 Å². The van der Waals surface area contributed by atoms with Gasteiger partial charge in [0.1, 0.15) is 0 Å². The van der Waals surface area contributed by atoms with E-state index in [1.807, 2.05) is 0 Å².